The van der Waals surface area contributed by atoms with E-state index in [-0.39, 0.29) is 5.78 Å². The average Bonchev–Trinajstić information content (AvgIpc) is 2.77. The number of carbonyl (C=O) groups excluding carboxylic acids is 1. The fraction of sp³-hybridized carbons (Fsp3) is 0.250. The highest BCUT2D eigenvalue weighted by atomic mass is 32.1. The van der Waals surface area contributed by atoms with Crippen molar-refractivity contribution in [3.8, 4) is 11.4 Å². The van der Waals surface area contributed by atoms with Gasteiger partial charge in [0, 0.05) is 11.8 Å². The molecule has 0 aliphatic carbocycles. The molecule has 0 aromatic carbocycles. The van der Waals surface area contributed by atoms with E-state index in [0.29, 0.717) is 24.2 Å². The molecule has 3 nitrogen and oxygen atoms in total. The number of nitrogens with zero attached hydrogens (tertiary/aromatic N) is 2. The van der Waals surface area contributed by atoms with E-state index in [9.17, 15) is 9.18 Å². The number of hydrogen-bond donors (Lipinski definition) is 0. The molecule has 88 valence electrons. The third-order valence-corrected chi connectivity index (χ3v) is 3.12. The molecule has 2 aromatic heterocycles. The Morgan fingerprint density at radius 2 is 2.18 bits per heavy atom. The molecule has 2 aromatic rings. The van der Waals surface area contributed by atoms with E-state index in [1.54, 1.807) is 17.5 Å². The highest BCUT2D eigenvalue weighted by Gasteiger charge is 2.09. The van der Waals surface area contributed by atoms with Crippen molar-refractivity contribution < 1.29 is 9.18 Å². The van der Waals surface area contributed by atoms with Crippen LogP contribution in [0, 0.1) is 5.95 Å². The van der Waals surface area contributed by atoms with E-state index in [0.717, 1.165) is 5.01 Å². The Hall–Kier alpha value is -1.62. The van der Waals surface area contributed by atoms with Gasteiger partial charge in [-0.25, -0.2) is 9.97 Å². The van der Waals surface area contributed by atoms with Crippen LogP contribution in [0.2, 0.25) is 0 Å². The van der Waals surface area contributed by atoms with Crippen LogP contribution in [0.3, 0.4) is 0 Å². The number of thiazole rings is 1. The van der Waals surface area contributed by atoms with Crippen LogP contribution in [0.5, 0.6) is 0 Å². The summed E-state index contributed by atoms with van der Waals surface area (Å²) in [6.07, 6.45) is 0.851. The van der Waals surface area contributed by atoms with Crippen LogP contribution in [0.1, 0.15) is 18.4 Å². The monoisotopic (exact) mass is 250 g/mol. The second-order valence-corrected chi connectivity index (χ2v) is 4.48. The van der Waals surface area contributed by atoms with Crippen LogP contribution in [0.25, 0.3) is 11.4 Å². The largest absolute Gasteiger partial charge is 0.299 e. The average molecular weight is 250 g/mol. The van der Waals surface area contributed by atoms with Crippen molar-refractivity contribution in [3.05, 3.63) is 34.5 Å². The number of halogens is 1. The van der Waals surface area contributed by atoms with Crippen molar-refractivity contribution in [2.45, 2.75) is 19.8 Å². The SMILES string of the molecule is CCC(=O)Cc1nc(-c2cccc(F)n2)cs1. The summed E-state index contributed by atoms with van der Waals surface area (Å²) in [6.45, 7) is 1.82. The minimum absolute atomic E-state index is 0.151. The number of carbonyl (C=O) groups is 1. The number of pyridine rings is 1. The molecular formula is C12H11FN2OS. The first-order valence-corrected chi connectivity index (χ1v) is 6.16. The minimum Gasteiger partial charge on any atom is -0.299 e. The van der Waals surface area contributed by atoms with Gasteiger partial charge in [0.2, 0.25) is 5.95 Å². The maximum atomic E-state index is 12.9. The molecule has 0 saturated heterocycles. The van der Waals surface area contributed by atoms with Crippen LogP contribution in [-0.4, -0.2) is 15.8 Å². The highest BCUT2D eigenvalue weighted by Crippen LogP contribution is 2.20. The molecule has 0 aliphatic heterocycles. The van der Waals surface area contributed by atoms with Crippen molar-refractivity contribution in [2.75, 3.05) is 0 Å². The topological polar surface area (TPSA) is 42.9 Å². The van der Waals surface area contributed by atoms with Crippen LogP contribution < -0.4 is 0 Å². The molecule has 17 heavy (non-hydrogen) atoms. The van der Waals surface area contributed by atoms with E-state index >= 15 is 0 Å². The van der Waals surface area contributed by atoms with Crippen LogP contribution >= 0.6 is 11.3 Å². The Morgan fingerprint density at radius 1 is 1.35 bits per heavy atom. The number of Topliss-reactive ketones (excluding diaryl/α,β-unsaturated/α-hetero) is 1. The summed E-state index contributed by atoms with van der Waals surface area (Å²) < 4.78 is 12.9. The fourth-order valence-corrected chi connectivity index (χ4v) is 2.17. The van der Waals surface area contributed by atoms with Gasteiger partial charge in [0.05, 0.1) is 17.8 Å². The molecule has 0 aliphatic rings. The zero-order valence-corrected chi connectivity index (χ0v) is 10.1. The Bertz CT molecular complexity index is 539. The van der Waals surface area contributed by atoms with Crippen molar-refractivity contribution in [1.82, 2.24) is 9.97 Å². The van der Waals surface area contributed by atoms with E-state index < -0.39 is 5.95 Å². The van der Waals surface area contributed by atoms with Crippen molar-refractivity contribution in [3.63, 3.8) is 0 Å². The van der Waals surface area contributed by atoms with Gasteiger partial charge in [-0.1, -0.05) is 13.0 Å². The molecule has 5 heteroatoms. The number of ketones is 1. The van der Waals surface area contributed by atoms with Gasteiger partial charge < -0.3 is 0 Å². The quantitative estimate of drug-likeness (QED) is 0.784. The summed E-state index contributed by atoms with van der Waals surface area (Å²) in [4.78, 5) is 19.3. The Kier molecular flexibility index (Phi) is 3.58. The van der Waals surface area contributed by atoms with Crippen LogP contribution in [-0.2, 0) is 11.2 Å². The molecule has 0 saturated carbocycles. The summed E-state index contributed by atoms with van der Waals surface area (Å²) in [6, 6.07) is 4.58. The Morgan fingerprint density at radius 3 is 2.88 bits per heavy atom. The van der Waals surface area contributed by atoms with Gasteiger partial charge >= 0.3 is 0 Å². The Balaban J connectivity index is 2.21. The number of hydrogen-bond acceptors (Lipinski definition) is 4. The normalized spacial score (nSPS) is 10.5. The molecule has 0 amide bonds. The summed E-state index contributed by atoms with van der Waals surface area (Å²) >= 11 is 1.40. The molecule has 2 heterocycles. The van der Waals surface area contributed by atoms with Gasteiger partial charge in [0.25, 0.3) is 0 Å². The zero-order chi connectivity index (χ0) is 12.3. The lowest BCUT2D eigenvalue weighted by atomic mass is 10.2. The molecule has 0 atom stereocenters. The summed E-state index contributed by atoms with van der Waals surface area (Å²) in [7, 11) is 0. The zero-order valence-electron chi connectivity index (χ0n) is 9.31. The molecule has 0 unspecified atom stereocenters. The van der Waals surface area contributed by atoms with E-state index in [1.807, 2.05) is 6.92 Å². The van der Waals surface area contributed by atoms with Crippen molar-refractivity contribution in [2.24, 2.45) is 0 Å². The van der Waals surface area contributed by atoms with Crippen molar-refractivity contribution >= 4 is 17.1 Å². The standard InChI is InChI=1S/C12H11FN2OS/c1-2-8(16)6-12-15-10(7-17-12)9-4-3-5-11(13)14-9/h3-5,7H,2,6H2,1H3. The predicted molar refractivity (Wildman–Crippen MR) is 64.3 cm³/mol. The molecule has 0 radical (unpaired) electrons. The molecule has 0 fully saturated rings. The maximum absolute atomic E-state index is 12.9. The summed E-state index contributed by atoms with van der Waals surface area (Å²) in [5.74, 6) is -0.375. The van der Waals surface area contributed by atoms with Gasteiger partial charge in [-0.3, -0.25) is 4.79 Å². The van der Waals surface area contributed by atoms with Gasteiger partial charge in [-0.2, -0.15) is 4.39 Å². The van der Waals surface area contributed by atoms with E-state index in [4.69, 9.17) is 0 Å². The van der Waals surface area contributed by atoms with E-state index in [2.05, 4.69) is 9.97 Å². The number of rotatable bonds is 4. The first-order chi connectivity index (χ1) is 8.19. The lowest BCUT2D eigenvalue weighted by molar-refractivity contribution is -0.118. The molecule has 0 spiro atoms. The van der Waals surface area contributed by atoms with Gasteiger partial charge in [-0.15, -0.1) is 11.3 Å². The van der Waals surface area contributed by atoms with Crippen LogP contribution in [0.4, 0.5) is 4.39 Å². The van der Waals surface area contributed by atoms with Gasteiger partial charge in [0.15, 0.2) is 0 Å². The molecule has 0 N–H and O–H groups in total. The van der Waals surface area contributed by atoms with E-state index in [1.165, 1.54) is 17.4 Å². The highest BCUT2D eigenvalue weighted by molar-refractivity contribution is 7.10. The second kappa shape index (κ2) is 5.14. The summed E-state index contributed by atoms with van der Waals surface area (Å²) in [5.41, 5.74) is 1.12. The van der Waals surface area contributed by atoms with Crippen LogP contribution in [0.15, 0.2) is 23.6 Å². The predicted octanol–water partition coefficient (Wildman–Crippen LogP) is 2.87. The fourth-order valence-electron chi connectivity index (χ4n) is 1.35. The van der Waals surface area contributed by atoms with Crippen molar-refractivity contribution in [1.29, 1.82) is 0 Å². The maximum Gasteiger partial charge on any atom is 0.213 e. The summed E-state index contributed by atoms with van der Waals surface area (Å²) in [5, 5.41) is 2.54. The Labute approximate surface area is 102 Å². The first-order valence-electron chi connectivity index (χ1n) is 5.28. The van der Waals surface area contributed by atoms with Gasteiger partial charge in [0.1, 0.15) is 10.8 Å². The lowest BCUT2D eigenvalue weighted by Gasteiger charge is -1.95. The van der Waals surface area contributed by atoms with Gasteiger partial charge in [-0.05, 0) is 12.1 Å². The first kappa shape index (κ1) is 11.9. The number of aromatic nitrogens is 2. The minimum atomic E-state index is -0.526. The molecular weight excluding hydrogens is 239 g/mol. The lowest BCUT2D eigenvalue weighted by Crippen LogP contribution is -1.99. The molecule has 0 bridgehead atoms. The smallest absolute Gasteiger partial charge is 0.213 e. The third kappa shape index (κ3) is 2.94. The third-order valence-electron chi connectivity index (χ3n) is 2.27. The second-order valence-electron chi connectivity index (χ2n) is 3.54. The molecule has 2 rings (SSSR count).